The highest BCUT2D eigenvalue weighted by Crippen LogP contribution is 1.72. The van der Waals surface area contributed by atoms with Crippen LogP contribution in [0.3, 0.4) is 0 Å². The first-order valence-corrected chi connectivity index (χ1v) is 4.94. The van der Waals surface area contributed by atoms with Gasteiger partial charge in [-0.15, -0.1) is 0 Å². The molecule has 0 fully saturated rings. The summed E-state index contributed by atoms with van der Waals surface area (Å²) < 4.78 is 0. The molecule has 0 heterocycles. The number of thiocarbonyl (C=S) groups is 2. The highest BCUT2D eigenvalue weighted by Gasteiger charge is 1.89. The molecular formula is C7H14N6S2. The van der Waals surface area contributed by atoms with Crippen molar-refractivity contribution in [3.05, 3.63) is 0 Å². The average molecular weight is 246 g/mol. The molecule has 84 valence electrons. The summed E-state index contributed by atoms with van der Waals surface area (Å²) in [5.74, 6) is 0. The lowest BCUT2D eigenvalue weighted by atomic mass is 10.5. The quantitative estimate of drug-likeness (QED) is 0.307. The number of hydrazone groups is 2. The van der Waals surface area contributed by atoms with Gasteiger partial charge in [0.2, 0.25) is 0 Å². The lowest BCUT2D eigenvalue weighted by Crippen LogP contribution is -2.30. The molecule has 8 heteroatoms. The number of nitrogens with one attached hydrogen (secondary N) is 4. The molecule has 6 nitrogen and oxygen atoms in total. The molecule has 0 bridgehead atoms. The highest BCUT2D eigenvalue weighted by atomic mass is 32.1. The van der Waals surface area contributed by atoms with Crippen LogP contribution in [0.5, 0.6) is 0 Å². The van der Waals surface area contributed by atoms with E-state index in [9.17, 15) is 0 Å². The number of hydrogen-bond donors (Lipinski definition) is 4. The molecule has 0 saturated heterocycles. The smallest absolute Gasteiger partial charge is 0.186 e. The molecule has 0 aliphatic heterocycles. The molecule has 0 saturated carbocycles. The molecule has 0 aliphatic rings. The van der Waals surface area contributed by atoms with Crippen LogP contribution in [0.4, 0.5) is 0 Å². The van der Waals surface area contributed by atoms with Gasteiger partial charge in [0.1, 0.15) is 0 Å². The Morgan fingerprint density at radius 1 is 1.07 bits per heavy atom. The Balaban J connectivity index is 3.95. The van der Waals surface area contributed by atoms with Gasteiger partial charge in [-0.05, 0) is 31.4 Å². The van der Waals surface area contributed by atoms with E-state index in [-0.39, 0.29) is 0 Å². The van der Waals surface area contributed by atoms with Crippen LogP contribution in [-0.4, -0.2) is 36.2 Å². The van der Waals surface area contributed by atoms with Crippen molar-refractivity contribution in [3.63, 3.8) is 0 Å². The van der Waals surface area contributed by atoms with Crippen molar-refractivity contribution in [1.29, 1.82) is 0 Å². The molecular weight excluding hydrogens is 232 g/mol. The van der Waals surface area contributed by atoms with Crippen LogP contribution in [0.25, 0.3) is 0 Å². The van der Waals surface area contributed by atoms with E-state index < -0.39 is 0 Å². The molecule has 0 aliphatic carbocycles. The zero-order valence-corrected chi connectivity index (χ0v) is 10.4. The predicted molar refractivity (Wildman–Crippen MR) is 71.2 cm³/mol. The minimum Gasteiger partial charge on any atom is -0.364 e. The maximum absolute atomic E-state index is 4.83. The molecule has 15 heavy (non-hydrogen) atoms. The molecule has 4 N–H and O–H groups in total. The predicted octanol–water partition coefficient (Wildman–Crippen LogP) is -0.464. The van der Waals surface area contributed by atoms with Crippen molar-refractivity contribution in [1.82, 2.24) is 21.5 Å². The summed E-state index contributed by atoms with van der Waals surface area (Å²) in [7, 11) is 3.42. The van der Waals surface area contributed by atoms with Crippen LogP contribution in [0, 0.1) is 0 Å². The van der Waals surface area contributed by atoms with E-state index in [1.807, 2.05) is 0 Å². The van der Waals surface area contributed by atoms with Crippen molar-refractivity contribution in [2.24, 2.45) is 10.2 Å². The second-order valence-corrected chi connectivity index (χ2v) is 3.21. The van der Waals surface area contributed by atoms with E-state index in [0.717, 1.165) is 0 Å². The Kier molecular flexibility index (Phi) is 7.38. The largest absolute Gasteiger partial charge is 0.364 e. The Morgan fingerprint density at radius 2 is 1.60 bits per heavy atom. The number of rotatable bonds is 3. The third kappa shape index (κ3) is 7.77. The summed E-state index contributed by atoms with van der Waals surface area (Å²) in [6, 6.07) is 0. The van der Waals surface area contributed by atoms with Crippen LogP contribution in [0.15, 0.2) is 10.2 Å². The van der Waals surface area contributed by atoms with Gasteiger partial charge in [-0.1, -0.05) is 0 Å². The molecule has 0 aromatic heterocycles. The molecule has 0 unspecified atom stereocenters. The Bertz CT molecular complexity index is 285. The third-order valence-electron chi connectivity index (χ3n) is 1.21. The standard InChI is InChI=1S/C7H14N6S2/c1-5(11-13-7(15)9-3)4-10-12-6(14)8-2/h4H,1-3H3,(H2,8,12,14)(H2,9,13,15)/b10-4?,11-5+. The van der Waals surface area contributed by atoms with Crippen LogP contribution in [0.1, 0.15) is 6.92 Å². The van der Waals surface area contributed by atoms with E-state index in [1.54, 1.807) is 21.0 Å². The van der Waals surface area contributed by atoms with Gasteiger partial charge in [-0.3, -0.25) is 10.9 Å². The van der Waals surface area contributed by atoms with Gasteiger partial charge in [0, 0.05) is 14.1 Å². The molecule has 0 spiro atoms. The Hall–Kier alpha value is -1.28. The summed E-state index contributed by atoms with van der Waals surface area (Å²) >= 11 is 9.64. The van der Waals surface area contributed by atoms with Gasteiger partial charge in [-0.25, -0.2) is 0 Å². The zero-order chi connectivity index (χ0) is 11.7. The van der Waals surface area contributed by atoms with E-state index >= 15 is 0 Å². The first kappa shape index (κ1) is 13.7. The molecule has 0 amide bonds. The van der Waals surface area contributed by atoms with Gasteiger partial charge >= 0.3 is 0 Å². The van der Waals surface area contributed by atoms with Crippen LogP contribution in [-0.2, 0) is 0 Å². The Morgan fingerprint density at radius 3 is 2.13 bits per heavy atom. The first-order valence-electron chi connectivity index (χ1n) is 4.13. The fraction of sp³-hybridized carbons (Fsp3) is 0.429. The van der Waals surface area contributed by atoms with Gasteiger partial charge in [0.15, 0.2) is 10.2 Å². The summed E-state index contributed by atoms with van der Waals surface area (Å²) in [6.45, 7) is 1.78. The summed E-state index contributed by atoms with van der Waals surface area (Å²) in [5.41, 5.74) is 5.89. The SMILES string of the molecule is CNC(=S)NN=C/C(C)=N/NC(=S)NC. The van der Waals surface area contributed by atoms with Crippen molar-refractivity contribution < 1.29 is 0 Å². The zero-order valence-electron chi connectivity index (χ0n) is 8.79. The fourth-order valence-corrected chi connectivity index (χ4v) is 0.562. The first-order chi connectivity index (χ1) is 7.10. The number of hydrogen-bond acceptors (Lipinski definition) is 4. The summed E-state index contributed by atoms with van der Waals surface area (Å²) in [4.78, 5) is 0. The van der Waals surface area contributed by atoms with Gasteiger partial charge in [0.05, 0.1) is 11.9 Å². The Labute approximate surface area is 99.6 Å². The molecule has 0 rings (SSSR count). The van der Waals surface area contributed by atoms with E-state index in [4.69, 9.17) is 24.4 Å². The lowest BCUT2D eigenvalue weighted by molar-refractivity contribution is 0.970. The molecule has 0 atom stereocenters. The normalized spacial score (nSPS) is 11.0. The van der Waals surface area contributed by atoms with Gasteiger partial charge in [-0.2, -0.15) is 10.2 Å². The van der Waals surface area contributed by atoms with Crippen molar-refractivity contribution in [2.75, 3.05) is 14.1 Å². The van der Waals surface area contributed by atoms with Gasteiger partial charge in [0.25, 0.3) is 0 Å². The van der Waals surface area contributed by atoms with E-state index in [2.05, 4.69) is 31.7 Å². The molecule has 0 aromatic rings. The third-order valence-corrected chi connectivity index (χ3v) is 1.80. The van der Waals surface area contributed by atoms with Crippen molar-refractivity contribution in [2.45, 2.75) is 6.92 Å². The van der Waals surface area contributed by atoms with Gasteiger partial charge < -0.3 is 10.6 Å². The average Bonchev–Trinajstić information content (AvgIpc) is 2.25. The fourth-order valence-electron chi connectivity index (χ4n) is 0.464. The summed E-state index contributed by atoms with van der Waals surface area (Å²) in [6.07, 6.45) is 1.52. The minimum absolute atomic E-state index is 0.442. The number of nitrogens with zero attached hydrogens (tertiary/aromatic N) is 2. The highest BCUT2D eigenvalue weighted by molar-refractivity contribution is 7.80. The van der Waals surface area contributed by atoms with Crippen LogP contribution >= 0.6 is 24.4 Å². The second kappa shape index (κ2) is 8.06. The van der Waals surface area contributed by atoms with Crippen LogP contribution < -0.4 is 21.5 Å². The van der Waals surface area contributed by atoms with Crippen LogP contribution in [0.2, 0.25) is 0 Å². The summed E-state index contributed by atoms with van der Waals surface area (Å²) in [5, 5.41) is 14.1. The maximum Gasteiger partial charge on any atom is 0.186 e. The molecule has 0 radical (unpaired) electrons. The maximum atomic E-state index is 4.83. The topological polar surface area (TPSA) is 72.8 Å². The monoisotopic (exact) mass is 246 g/mol. The van der Waals surface area contributed by atoms with Crippen molar-refractivity contribution >= 4 is 46.6 Å². The second-order valence-electron chi connectivity index (χ2n) is 2.39. The van der Waals surface area contributed by atoms with Crippen molar-refractivity contribution in [3.8, 4) is 0 Å². The van der Waals surface area contributed by atoms with E-state index in [0.29, 0.717) is 15.9 Å². The minimum atomic E-state index is 0.442. The lowest BCUT2D eigenvalue weighted by Gasteiger charge is -2.01. The molecule has 0 aromatic carbocycles. The van der Waals surface area contributed by atoms with E-state index in [1.165, 1.54) is 6.21 Å².